The van der Waals surface area contributed by atoms with Crippen LogP contribution in [0.2, 0.25) is 0 Å². The molecule has 7 nitrogen and oxygen atoms in total. The summed E-state index contributed by atoms with van der Waals surface area (Å²) in [5.41, 5.74) is 2.37. The number of aryl methyl sites for hydroxylation is 1. The Hall–Kier alpha value is -1.94. The predicted molar refractivity (Wildman–Crippen MR) is 134 cm³/mol. The molecule has 0 spiro atoms. The van der Waals surface area contributed by atoms with E-state index in [9.17, 15) is 0 Å². The summed E-state index contributed by atoms with van der Waals surface area (Å²) in [6.45, 7) is 4.32. The van der Waals surface area contributed by atoms with Crippen LogP contribution in [0.25, 0.3) is 0 Å². The largest absolute Gasteiger partial charge is 0.493 e. The van der Waals surface area contributed by atoms with Crippen LogP contribution in [0.15, 0.2) is 41.5 Å². The van der Waals surface area contributed by atoms with E-state index in [4.69, 9.17) is 14.5 Å². The lowest BCUT2D eigenvalue weighted by Gasteiger charge is -2.26. The molecule has 2 rings (SSSR count). The van der Waals surface area contributed by atoms with E-state index in [1.165, 1.54) is 5.69 Å². The van der Waals surface area contributed by atoms with Gasteiger partial charge in [0.2, 0.25) is 0 Å². The van der Waals surface area contributed by atoms with Gasteiger partial charge in [-0.15, -0.1) is 24.0 Å². The first kappa shape index (κ1) is 26.1. The van der Waals surface area contributed by atoms with Gasteiger partial charge in [0.15, 0.2) is 17.5 Å². The molecule has 168 valence electrons. The summed E-state index contributed by atoms with van der Waals surface area (Å²) in [5, 5.41) is 3.40. The summed E-state index contributed by atoms with van der Waals surface area (Å²) >= 11 is 0. The first-order valence-electron chi connectivity index (χ1n) is 9.89. The van der Waals surface area contributed by atoms with Gasteiger partial charge in [0.1, 0.15) is 0 Å². The van der Waals surface area contributed by atoms with Crippen molar-refractivity contribution in [1.29, 1.82) is 0 Å². The smallest absolute Gasteiger partial charge is 0.194 e. The molecule has 1 unspecified atom stereocenters. The highest BCUT2D eigenvalue weighted by molar-refractivity contribution is 14.0. The number of hydrogen-bond acceptors (Lipinski definition) is 4. The molecule has 0 fully saturated rings. The maximum Gasteiger partial charge on any atom is 0.194 e. The number of benzene rings is 1. The second-order valence-corrected chi connectivity index (χ2v) is 7.25. The van der Waals surface area contributed by atoms with Crippen molar-refractivity contribution in [2.75, 3.05) is 48.5 Å². The number of guanidine groups is 1. The van der Waals surface area contributed by atoms with Crippen LogP contribution in [0.4, 0.5) is 0 Å². The fourth-order valence-corrected chi connectivity index (χ4v) is 3.25. The molecule has 0 bridgehead atoms. The zero-order chi connectivity index (χ0) is 21.4. The zero-order valence-electron chi connectivity index (χ0n) is 19.2. The molecule has 0 amide bonds. The number of ether oxygens (including phenoxy) is 2. The standard InChI is InChI=1S/C22H35N5O2.HI/c1-8-23-22(27(5)16-18-10-9-13-26(18)4)24-15-19(25(2)3)17-11-12-20(28-6)21(14-17)29-7;/h9-14,19H,8,15-16H2,1-7H3,(H,23,24);1H. The minimum atomic E-state index is 0. The average molecular weight is 529 g/mol. The average Bonchev–Trinajstić information content (AvgIpc) is 3.11. The SMILES string of the molecule is CCNC(=NCC(c1ccc(OC)c(OC)c1)N(C)C)N(C)Cc1cccn1C.I. The molecule has 1 N–H and O–H groups in total. The van der Waals surface area contributed by atoms with Gasteiger partial charge in [0, 0.05) is 32.5 Å². The maximum atomic E-state index is 5.48. The number of halogens is 1. The first-order chi connectivity index (χ1) is 13.9. The van der Waals surface area contributed by atoms with Crippen LogP contribution >= 0.6 is 24.0 Å². The van der Waals surface area contributed by atoms with Gasteiger partial charge in [0.05, 0.1) is 33.4 Å². The number of nitrogens with zero attached hydrogens (tertiary/aromatic N) is 4. The predicted octanol–water partition coefficient (Wildman–Crippen LogP) is 3.36. The first-order valence-corrected chi connectivity index (χ1v) is 9.89. The van der Waals surface area contributed by atoms with E-state index >= 15 is 0 Å². The summed E-state index contributed by atoms with van der Waals surface area (Å²) < 4.78 is 13.0. The van der Waals surface area contributed by atoms with Crippen molar-refractivity contribution in [1.82, 2.24) is 19.7 Å². The number of aromatic nitrogens is 1. The second kappa shape index (κ2) is 12.7. The van der Waals surface area contributed by atoms with Gasteiger partial charge in [-0.05, 0) is 50.8 Å². The molecule has 30 heavy (non-hydrogen) atoms. The lowest BCUT2D eigenvalue weighted by atomic mass is 10.1. The summed E-state index contributed by atoms with van der Waals surface area (Å²) in [6.07, 6.45) is 2.06. The number of likely N-dealkylation sites (N-methyl/N-ethyl adjacent to an activating group) is 1. The van der Waals surface area contributed by atoms with Crippen LogP contribution in [-0.2, 0) is 13.6 Å². The molecule has 1 heterocycles. The zero-order valence-corrected chi connectivity index (χ0v) is 21.5. The maximum absolute atomic E-state index is 5.48. The van der Waals surface area contributed by atoms with Crippen molar-refractivity contribution in [3.63, 3.8) is 0 Å². The van der Waals surface area contributed by atoms with Crippen molar-refractivity contribution in [3.8, 4) is 11.5 Å². The topological polar surface area (TPSA) is 54.3 Å². The van der Waals surface area contributed by atoms with Crippen molar-refractivity contribution in [2.24, 2.45) is 12.0 Å². The third-order valence-corrected chi connectivity index (χ3v) is 4.98. The van der Waals surface area contributed by atoms with Crippen LogP contribution in [0.3, 0.4) is 0 Å². The highest BCUT2D eigenvalue weighted by Crippen LogP contribution is 2.31. The molecule has 0 saturated carbocycles. The number of hydrogen-bond donors (Lipinski definition) is 1. The Bertz CT molecular complexity index is 807. The van der Waals surface area contributed by atoms with Crippen molar-refractivity contribution >= 4 is 29.9 Å². The third kappa shape index (κ3) is 6.80. The van der Waals surface area contributed by atoms with E-state index in [0.29, 0.717) is 6.54 Å². The minimum absolute atomic E-state index is 0. The molecule has 8 heteroatoms. The van der Waals surface area contributed by atoms with Gasteiger partial charge in [0.25, 0.3) is 0 Å². The van der Waals surface area contributed by atoms with Gasteiger partial charge >= 0.3 is 0 Å². The minimum Gasteiger partial charge on any atom is -0.493 e. The van der Waals surface area contributed by atoms with E-state index in [2.05, 4.69) is 79.2 Å². The van der Waals surface area contributed by atoms with Gasteiger partial charge < -0.3 is 29.2 Å². The quantitative estimate of drug-likeness (QED) is 0.307. The van der Waals surface area contributed by atoms with Gasteiger partial charge in [-0.25, -0.2) is 0 Å². The Kier molecular flexibility index (Phi) is 11.0. The van der Waals surface area contributed by atoms with Crippen LogP contribution < -0.4 is 14.8 Å². The van der Waals surface area contributed by atoms with E-state index in [1.54, 1.807) is 14.2 Å². The Labute approximate surface area is 198 Å². The van der Waals surface area contributed by atoms with Crippen molar-refractivity contribution in [3.05, 3.63) is 47.8 Å². The number of nitrogens with one attached hydrogen (secondary N) is 1. The Morgan fingerprint density at radius 1 is 1.13 bits per heavy atom. The van der Waals surface area contributed by atoms with E-state index in [1.807, 2.05) is 12.1 Å². The van der Waals surface area contributed by atoms with Crippen molar-refractivity contribution < 1.29 is 9.47 Å². The number of aliphatic imine (C=N–C) groups is 1. The molecule has 0 aliphatic rings. The van der Waals surface area contributed by atoms with Crippen LogP contribution in [0, 0.1) is 0 Å². The van der Waals surface area contributed by atoms with Crippen LogP contribution in [0.5, 0.6) is 11.5 Å². The molecule has 1 aromatic carbocycles. The van der Waals surface area contributed by atoms with Crippen molar-refractivity contribution in [2.45, 2.75) is 19.5 Å². The Balaban J connectivity index is 0.00000450. The van der Waals surface area contributed by atoms with E-state index in [-0.39, 0.29) is 30.0 Å². The molecule has 1 atom stereocenters. The molecular formula is C22H36IN5O2. The third-order valence-electron chi connectivity index (χ3n) is 4.98. The molecular weight excluding hydrogens is 493 g/mol. The molecule has 1 aromatic heterocycles. The molecule has 0 saturated heterocycles. The normalized spacial score (nSPS) is 12.3. The summed E-state index contributed by atoms with van der Waals surface area (Å²) in [6, 6.07) is 10.4. The van der Waals surface area contributed by atoms with E-state index in [0.717, 1.165) is 36.1 Å². The highest BCUT2D eigenvalue weighted by Gasteiger charge is 2.17. The molecule has 0 radical (unpaired) electrons. The lowest BCUT2D eigenvalue weighted by Crippen LogP contribution is -2.39. The highest BCUT2D eigenvalue weighted by atomic mass is 127. The molecule has 0 aliphatic heterocycles. The summed E-state index contributed by atoms with van der Waals surface area (Å²) in [7, 11) is 11.6. The summed E-state index contributed by atoms with van der Waals surface area (Å²) in [4.78, 5) is 9.25. The Morgan fingerprint density at radius 2 is 1.83 bits per heavy atom. The van der Waals surface area contributed by atoms with Crippen LogP contribution in [-0.4, -0.2) is 68.8 Å². The van der Waals surface area contributed by atoms with Gasteiger partial charge in [-0.1, -0.05) is 6.07 Å². The lowest BCUT2D eigenvalue weighted by molar-refractivity contribution is 0.302. The Morgan fingerprint density at radius 3 is 2.37 bits per heavy atom. The second-order valence-electron chi connectivity index (χ2n) is 7.25. The monoisotopic (exact) mass is 529 g/mol. The van der Waals surface area contributed by atoms with E-state index < -0.39 is 0 Å². The number of methoxy groups -OCH3 is 2. The fourth-order valence-electron chi connectivity index (χ4n) is 3.25. The number of rotatable bonds is 9. The fraction of sp³-hybridized carbons (Fsp3) is 0.500. The van der Waals surface area contributed by atoms with Gasteiger partial charge in [-0.2, -0.15) is 0 Å². The van der Waals surface area contributed by atoms with Gasteiger partial charge in [-0.3, -0.25) is 4.99 Å². The molecule has 0 aliphatic carbocycles. The van der Waals surface area contributed by atoms with Crippen LogP contribution in [0.1, 0.15) is 24.2 Å². The summed E-state index contributed by atoms with van der Waals surface area (Å²) in [5.74, 6) is 2.35. The molecule has 2 aromatic rings.